The number of carbonyl (C=O) groups excluding carboxylic acids is 4. The van der Waals surface area contributed by atoms with Crippen LogP contribution in [0.3, 0.4) is 0 Å². The number of hydrogen-bond donors (Lipinski definition) is 3. The number of phosphoric acid groups is 2. The van der Waals surface area contributed by atoms with Crippen LogP contribution in [-0.4, -0.2) is 96.7 Å². The molecule has 0 aromatic rings. The second-order valence-corrected chi connectivity index (χ2v) is 30.8. The van der Waals surface area contributed by atoms with Crippen molar-refractivity contribution in [1.82, 2.24) is 0 Å². The first-order valence-electron chi connectivity index (χ1n) is 37.2. The van der Waals surface area contributed by atoms with Crippen molar-refractivity contribution in [2.75, 3.05) is 39.6 Å². The van der Waals surface area contributed by atoms with Gasteiger partial charge in [0.25, 0.3) is 0 Å². The molecule has 0 heterocycles. The van der Waals surface area contributed by atoms with E-state index in [0.717, 1.165) is 114 Å². The summed E-state index contributed by atoms with van der Waals surface area (Å²) in [6.07, 6.45) is 44.5. The first kappa shape index (κ1) is 89.1. The summed E-state index contributed by atoms with van der Waals surface area (Å²) in [6.45, 7) is 14.1. The summed E-state index contributed by atoms with van der Waals surface area (Å²) in [5.41, 5.74) is 0. The molecule has 540 valence electrons. The lowest BCUT2D eigenvalue weighted by atomic mass is 10.0. The molecule has 0 spiro atoms. The minimum absolute atomic E-state index is 0.104. The summed E-state index contributed by atoms with van der Waals surface area (Å²) in [6, 6.07) is 0. The number of aliphatic hydroxyl groups excluding tert-OH is 1. The van der Waals surface area contributed by atoms with E-state index < -0.39 is 97.5 Å². The zero-order valence-electron chi connectivity index (χ0n) is 59.5. The van der Waals surface area contributed by atoms with Crippen molar-refractivity contribution in [2.24, 2.45) is 23.7 Å². The molecular weight excluding hydrogens is 1200 g/mol. The van der Waals surface area contributed by atoms with Gasteiger partial charge in [0.2, 0.25) is 0 Å². The van der Waals surface area contributed by atoms with Crippen molar-refractivity contribution in [3.8, 4) is 0 Å². The zero-order chi connectivity index (χ0) is 67.5. The van der Waals surface area contributed by atoms with Gasteiger partial charge < -0.3 is 33.8 Å². The maximum atomic E-state index is 13.0. The van der Waals surface area contributed by atoms with Crippen LogP contribution in [0.1, 0.15) is 357 Å². The van der Waals surface area contributed by atoms with Crippen molar-refractivity contribution < 1.29 is 80.2 Å². The number of carbonyl (C=O) groups is 4. The number of phosphoric ester groups is 2. The molecule has 19 heteroatoms. The Bertz CT molecular complexity index is 1800. The van der Waals surface area contributed by atoms with Crippen LogP contribution in [0, 0.1) is 23.7 Å². The Balaban J connectivity index is 5.25. The fourth-order valence-electron chi connectivity index (χ4n) is 10.8. The number of aliphatic hydroxyl groups is 1. The third kappa shape index (κ3) is 66.5. The lowest BCUT2D eigenvalue weighted by Crippen LogP contribution is -2.30. The van der Waals surface area contributed by atoms with Gasteiger partial charge in [-0.1, -0.05) is 306 Å². The Morgan fingerprint density at radius 2 is 0.462 bits per heavy atom. The van der Waals surface area contributed by atoms with Gasteiger partial charge in [0, 0.05) is 25.7 Å². The standard InChI is InChI=1S/C72H140O17P2/c1-62(2)48-40-32-24-16-12-10-9-11-13-19-28-36-44-52-69(74)82-58-67(88-71(76)54-46-38-30-20-14-17-25-33-41-49-63(3)4)60-86-90(78,79)84-56-66(73)57-85-91(80,81)87-61-68(59-83-70(75)53-45-37-29-23-22-27-35-43-51-65(7)8)89-72(77)55-47-39-31-21-15-18-26-34-42-50-64(5)6/h62-68,73H,9-61H2,1-8H3,(H,78,79)(H,80,81)/t66?,67-,68-/m1/s1. The predicted molar refractivity (Wildman–Crippen MR) is 367 cm³/mol. The van der Waals surface area contributed by atoms with Crippen molar-refractivity contribution in [2.45, 2.75) is 375 Å². The molecule has 17 nitrogen and oxygen atoms in total. The van der Waals surface area contributed by atoms with Gasteiger partial charge >= 0.3 is 39.5 Å². The molecule has 0 bridgehead atoms. The van der Waals surface area contributed by atoms with E-state index in [0.29, 0.717) is 25.7 Å². The molecular formula is C72H140O17P2. The number of esters is 4. The van der Waals surface area contributed by atoms with Gasteiger partial charge in [-0.25, -0.2) is 9.13 Å². The zero-order valence-corrected chi connectivity index (χ0v) is 61.3. The third-order valence-electron chi connectivity index (χ3n) is 16.6. The summed E-state index contributed by atoms with van der Waals surface area (Å²) < 4.78 is 68.4. The van der Waals surface area contributed by atoms with Gasteiger partial charge in [-0.05, 0) is 49.4 Å². The van der Waals surface area contributed by atoms with E-state index in [1.165, 1.54) is 161 Å². The smallest absolute Gasteiger partial charge is 0.462 e. The second-order valence-electron chi connectivity index (χ2n) is 27.9. The third-order valence-corrected chi connectivity index (χ3v) is 18.5. The van der Waals surface area contributed by atoms with E-state index in [1.54, 1.807) is 0 Å². The molecule has 3 unspecified atom stereocenters. The molecule has 3 N–H and O–H groups in total. The largest absolute Gasteiger partial charge is 0.472 e. The lowest BCUT2D eigenvalue weighted by molar-refractivity contribution is -0.161. The van der Waals surface area contributed by atoms with Gasteiger partial charge in [0.1, 0.15) is 19.3 Å². The van der Waals surface area contributed by atoms with Crippen LogP contribution < -0.4 is 0 Å². The molecule has 0 aromatic heterocycles. The van der Waals surface area contributed by atoms with Crippen molar-refractivity contribution in [1.29, 1.82) is 0 Å². The van der Waals surface area contributed by atoms with Crippen LogP contribution in [0.5, 0.6) is 0 Å². The maximum absolute atomic E-state index is 13.0. The topological polar surface area (TPSA) is 237 Å². The van der Waals surface area contributed by atoms with Gasteiger partial charge in [0.05, 0.1) is 26.4 Å². The van der Waals surface area contributed by atoms with Crippen molar-refractivity contribution in [3.63, 3.8) is 0 Å². The molecule has 0 aromatic carbocycles. The highest BCUT2D eigenvalue weighted by Crippen LogP contribution is 2.45. The molecule has 5 atom stereocenters. The van der Waals surface area contributed by atoms with Crippen LogP contribution in [0.2, 0.25) is 0 Å². The fourth-order valence-corrected chi connectivity index (χ4v) is 12.4. The first-order valence-corrected chi connectivity index (χ1v) is 40.2. The number of ether oxygens (including phenoxy) is 4. The number of unbranched alkanes of at least 4 members (excludes halogenated alkanes) is 35. The lowest BCUT2D eigenvalue weighted by Gasteiger charge is -2.21. The molecule has 0 saturated heterocycles. The molecule has 0 rings (SSSR count). The second kappa shape index (κ2) is 61.6. The Labute approximate surface area is 556 Å². The highest BCUT2D eigenvalue weighted by atomic mass is 31.2. The van der Waals surface area contributed by atoms with Crippen molar-refractivity contribution >= 4 is 39.5 Å². The molecule has 0 fully saturated rings. The fraction of sp³-hybridized carbons (Fsp3) is 0.944. The Morgan fingerprint density at radius 3 is 0.681 bits per heavy atom. The van der Waals surface area contributed by atoms with E-state index in [4.69, 9.17) is 37.0 Å². The highest BCUT2D eigenvalue weighted by Gasteiger charge is 2.30. The summed E-state index contributed by atoms with van der Waals surface area (Å²) in [4.78, 5) is 72.6. The van der Waals surface area contributed by atoms with E-state index in [2.05, 4.69) is 55.4 Å². The molecule has 0 radical (unpaired) electrons. The summed E-state index contributed by atoms with van der Waals surface area (Å²) in [5.74, 6) is 0.863. The summed E-state index contributed by atoms with van der Waals surface area (Å²) in [5, 5.41) is 10.6. The number of rotatable bonds is 69. The minimum Gasteiger partial charge on any atom is -0.462 e. The SMILES string of the molecule is CC(C)CCCCCCCCCCCCCCCC(=O)OC[C@H](COP(=O)(O)OCC(O)COP(=O)(O)OC[C@@H](COC(=O)CCCCCCCCCCC(C)C)OC(=O)CCCCCCCCCCCC(C)C)OC(=O)CCCCCCCCCCCC(C)C. The van der Waals surface area contributed by atoms with Gasteiger partial charge in [-0.3, -0.25) is 37.3 Å². The van der Waals surface area contributed by atoms with Crippen molar-refractivity contribution in [3.05, 3.63) is 0 Å². The molecule has 91 heavy (non-hydrogen) atoms. The van der Waals surface area contributed by atoms with E-state index >= 15 is 0 Å². The predicted octanol–water partition coefficient (Wildman–Crippen LogP) is 20.5. The molecule has 0 aliphatic carbocycles. The average Bonchev–Trinajstić information content (AvgIpc) is 3.58. The normalized spacial score (nSPS) is 14.2. The summed E-state index contributed by atoms with van der Waals surface area (Å²) in [7, 11) is -9.91. The summed E-state index contributed by atoms with van der Waals surface area (Å²) >= 11 is 0. The maximum Gasteiger partial charge on any atom is 0.472 e. The molecule has 0 saturated carbocycles. The van der Waals surface area contributed by atoms with E-state index in [9.17, 15) is 43.2 Å². The Kier molecular flexibility index (Phi) is 60.3. The van der Waals surface area contributed by atoms with Crippen LogP contribution in [0.15, 0.2) is 0 Å². The van der Waals surface area contributed by atoms with Crippen LogP contribution in [0.25, 0.3) is 0 Å². The molecule has 0 aliphatic heterocycles. The van der Waals surface area contributed by atoms with Crippen LogP contribution >= 0.6 is 15.6 Å². The van der Waals surface area contributed by atoms with E-state index in [1.807, 2.05) is 0 Å². The highest BCUT2D eigenvalue weighted by molar-refractivity contribution is 7.47. The monoisotopic (exact) mass is 1340 g/mol. The number of hydrogen-bond acceptors (Lipinski definition) is 15. The quantitative estimate of drug-likeness (QED) is 0.0222. The van der Waals surface area contributed by atoms with Gasteiger partial charge in [0.15, 0.2) is 12.2 Å². The Hall–Kier alpha value is -1.94. The molecule has 0 amide bonds. The average molecular weight is 1340 g/mol. The van der Waals surface area contributed by atoms with Crippen LogP contribution in [-0.2, 0) is 65.4 Å². The Morgan fingerprint density at radius 1 is 0.275 bits per heavy atom. The van der Waals surface area contributed by atoms with Crippen LogP contribution in [0.4, 0.5) is 0 Å². The first-order chi connectivity index (χ1) is 43.6. The van der Waals surface area contributed by atoms with E-state index in [-0.39, 0.29) is 25.7 Å². The molecule has 0 aliphatic rings. The van der Waals surface area contributed by atoms with Gasteiger partial charge in [-0.2, -0.15) is 0 Å². The van der Waals surface area contributed by atoms with Gasteiger partial charge in [-0.15, -0.1) is 0 Å². The minimum atomic E-state index is -4.95.